The van der Waals surface area contributed by atoms with Crippen LogP contribution in [0.15, 0.2) is 12.5 Å². The molecular formula is C19H32N6O6. The van der Waals surface area contributed by atoms with Crippen molar-refractivity contribution in [1.82, 2.24) is 25.9 Å². The summed E-state index contributed by atoms with van der Waals surface area (Å²) in [6.45, 7) is 6.32. The van der Waals surface area contributed by atoms with Gasteiger partial charge in [0.1, 0.15) is 24.2 Å². The van der Waals surface area contributed by atoms with Gasteiger partial charge >= 0.3 is 5.97 Å². The Morgan fingerprint density at radius 3 is 2.23 bits per heavy atom. The monoisotopic (exact) mass is 440 g/mol. The number of hydrogen-bond acceptors (Lipinski definition) is 7. The number of aromatic amines is 1. The number of carbonyl (C=O) groups is 4. The van der Waals surface area contributed by atoms with E-state index < -0.39 is 54.0 Å². The molecule has 3 amide bonds. The highest BCUT2D eigenvalue weighted by Crippen LogP contribution is 2.10. The van der Waals surface area contributed by atoms with Gasteiger partial charge in [-0.15, -0.1) is 0 Å². The number of aromatic nitrogens is 2. The first-order valence-corrected chi connectivity index (χ1v) is 10.0. The van der Waals surface area contributed by atoms with E-state index in [4.69, 9.17) is 5.73 Å². The van der Waals surface area contributed by atoms with Crippen molar-refractivity contribution in [1.29, 1.82) is 0 Å². The van der Waals surface area contributed by atoms with E-state index >= 15 is 0 Å². The fourth-order valence-electron chi connectivity index (χ4n) is 2.65. The molecule has 1 heterocycles. The summed E-state index contributed by atoms with van der Waals surface area (Å²) < 4.78 is 0. The number of nitrogens with zero attached hydrogens (tertiary/aromatic N) is 1. The zero-order chi connectivity index (χ0) is 23.7. The second kappa shape index (κ2) is 12.0. The maximum absolute atomic E-state index is 12.8. The third-order valence-electron chi connectivity index (χ3n) is 4.96. The van der Waals surface area contributed by atoms with Crippen LogP contribution < -0.4 is 21.7 Å². The van der Waals surface area contributed by atoms with Crippen molar-refractivity contribution in [3.63, 3.8) is 0 Å². The van der Waals surface area contributed by atoms with Crippen LogP contribution in [0.1, 0.15) is 39.8 Å². The standard InChI is InChI=1S/C19H32N6O6/c1-5-9(2)15(25-16(27)10(3)23-17(28)14(20)11(4)26)18(29)24-13(19(30)31)6-12-7-21-8-22-12/h7-11,13-15,26H,5-6,20H2,1-4H3,(H,21,22)(H,23,28)(H,24,29)(H,25,27)(H,30,31). The van der Waals surface area contributed by atoms with E-state index in [9.17, 15) is 29.4 Å². The van der Waals surface area contributed by atoms with Crippen molar-refractivity contribution in [2.24, 2.45) is 11.7 Å². The molecule has 12 nitrogen and oxygen atoms in total. The summed E-state index contributed by atoms with van der Waals surface area (Å²) in [5.74, 6) is -3.56. The fraction of sp³-hybridized carbons (Fsp3) is 0.632. The second-order valence-corrected chi connectivity index (χ2v) is 7.55. The van der Waals surface area contributed by atoms with Gasteiger partial charge in [-0.3, -0.25) is 14.4 Å². The van der Waals surface area contributed by atoms with E-state index in [-0.39, 0.29) is 12.3 Å². The van der Waals surface area contributed by atoms with Crippen LogP contribution in [0.5, 0.6) is 0 Å². The van der Waals surface area contributed by atoms with Crippen LogP contribution in [0.3, 0.4) is 0 Å². The summed E-state index contributed by atoms with van der Waals surface area (Å²) in [5, 5.41) is 26.2. The molecule has 0 radical (unpaired) electrons. The Kier molecular flexibility index (Phi) is 10.1. The van der Waals surface area contributed by atoms with Gasteiger partial charge in [-0.1, -0.05) is 20.3 Å². The van der Waals surface area contributed by atoms with E-state index in [1.165, 1.54) is 26.4 Å². The van der Waals surface area contributed by atoms with Crippen LogP contribution in [0.2, 0.25) is 0 Å². The van der Waals surface area contributed by atoms with Crippen molar-refractivity contribution < 1.29 is 29.4 Å². The van der Waals surface area contributed by atoms with Gasteiger partial charge in [-0.05, 0) is 19.8 Å². The molecule has 0 aliphatic carbocycles. The zero-order valence-electron chi connectivity index (χ0n) is 18.1. The first-order valence-electron chi connectivity index (χ1n) is 10.0. The molecule has 1 aromatic heterocycles. The number of carboxylic acid groups (broad SMARTS) is 1. The third kappa shape index (κ3) is 7.98. The number of H-pyrrole nitrogens is 1. The molecule has 0 spiro atoms. The molecule has 0 fully saturated rings. The van der Waals surface area contributed by atoms with Gasteiger partial charge in [0.15, 0.2) is 0 Å². The van der Waals surface area contributed by atoms with Gasteiger partial charge in [-0.25, -0.2) is 9.78 Å². The highest BCUT2D eigenvalue weighted by molar-refractivity contribution is 5.94. The van der Waals surface area contributed by atoms with Crippen LogP contribution in [-0.2, 0) is 25.6 Å². The number of aliphatic hydroxyl groups excluding tert-OH is 1. The minimum absolute atomic E-state index is 0.00800. The summed E-state index contributed by atoms with van der Waals surface area (Å²) in [5.41, 5.74) is 6.08. The lowest BCUT2D eigenvalue weighted by Crippen LogP contribution is -2.58. The number of carbonyl (C=O) groups excluding carboxylic acids is 3. The van der Waals surface area contributed by atoms with Crippen molar-refractivity contribution in [2.75, 3.05) is 0 Å². The summed E-state index contributed by atoms with van der Waals surface area (Å²) in [6, 6.07) is -4.48. The molecule has 0 aliphatic rings. The lowest BCUT2D eigenvalue weighted by atomic mass is 9.97. The van der Waals surface area contributed by atoms with E-state index in [0.717, 1.165) is 0 Å². The largest absolute Gasteiger partial charge is 0.480 e. The molecule has 174 valence electrons. The van der Waals surface area contributed by atoms with E-state index in [2.05, 4.69) is 25.9 Å². The quantitative estimate of drug-likeness (QED) is 0.199. The molecule has 12 heteroatoms. The molecule has 1 aromatic rings. The smallest absolute Gasteiger partial charge is 0.326 e. The predicted molar refractivity (Wildman–Crippen MR) is 111 cm³/mol. The summed E-state index contributed by atoms with van der Waals surface area (Å²) in [4.78, 5) is 55.5. The average molecular weight is 441 g/mol. The molecule has 0 saturated carbocycles. The second-order valence-electron chi connectivity index (χ2n) is 7.55. The van der Waals surface area contributed by atoms with Crippen LogP contribution in [0.25, 0.3) is 0 Å². The van der Waals surface area contributed by atoms with E-state index in [1.807, 2.05) is 6.92 Å². The topological polar surface area (TPSA) is 200 Å². The number of aliphatic carboxylic acids is 1. The van der Waals surface area contributed by atoms with E-state index in [1.54, 1.807) is 6.92 Å². The number of aliphatic hydroxyl groups is 1. The lowest BCUT2D eigenvalue weighted by Gasteiger charge is -2.27. The minimum Gasteiger partial charge on any atom is -0.480 e. The van der Waals surface area contributed by atoms with Gasteiger partial charge in [0, 0.05) is 18.3 Å². The first kappa shape index (κ1) is 26.0. The van der Waals surface area contributed by atoms with Gasteiger partial charge in [0.05, 0.1) is 12.4 Å². The Bertz CT molecular complexity index is 753. The minimum atomic E-state index is -1.23. The maximum Gasteiger partial charge on any atom is 0.326 e. The van der Waals surface area contributed by atoms with Crippen molar-refractivity contribution in [3.05, 3.63) is 18.2 Å². The molecule has 6 unspecified atom stereocenters. The number of rotatable bonds is 12. The molecule has 8 N–H and O–H groups in total. The number of nitrogens with two attached hydrogens (primary N) is 1. The number of nitrogens with one attached hydrogen (secondary N) is 4. The Morgan fingerprint density at radius 2 is 1.74 bits per heavy atom. The SMILES string of the molecule is CCC(C)C(NC(=O)C(C)NC(=O)C(N)C(C)O)C(=O)NC(Cc1cnc[nH]1)C(=O)O. The molecule has 1 rings (SSSR count). The molecule has 0 aliphatic heterocycles. The fourth-order valence-corrected chi connectivity index (χ4v) is 2.65. The van der Waals surface area contributed by atoms with Crippen molar-refractivity contribution >= 4 is 23.7 Å². The molecule has 0 aromatic carbocycles. The Labute approximate surface area is 180 Å². The van der Waals surface area contributed by atoms with Crippen LogP contribution in [0, 0.1) is 5.92 Å². The molecule has 6 atom stereocenters. The predicted octanol–water partition coefficient (Wildman–Crippen LogP) is -1.73. The Morgan fingerprint density at radius 1 is 1.10 bits per heavy atom. The molecular weight excluding hydrogens is 408 g/mol. The van der Waals surface area contributed by atoms with Crippen molar-refractivity contribution in [3.8, 4) is 0 Å². The van der Waals surface area contributed by atoms with Crippen LogP contribution in [0.4, 0.5) is 0 Å². The zero-order valence-corrected chi connectivity index (χ0v) is 18.1. The number of hydrogen-bond donors (Lipinski definition) is 7. The average Bonchev–Trinajstić information content (AvgIpc) is 3.22. The lowest BCUT2D eigenvalue weighted by molar-refractivity contribution is -0.142. The number of carboxylic acids is 1. The normalized spacial score (nSPS) is 16.8. The number of amides is 3. The van der Waals surface area contributed by atoms with Gasteiger partial charge in [0.2, 0.25) is 17.7 Å². The number of imidazole rings is 1. The van der Waals surface area contributed by atoms with Gasteiger partial charge in [0.25, 0.3) is 0 Å². The maximum atomic E-state index is 12.8. The van der Waals surface area contributed by atoms with Gasteiger partial charge in [-0.2, -0.15) is 0 Å². The summed E-state index contributed by atoms with van der Waals surface area (Å²) in [7, 11) is 0. The molecule has 0 saturated heterocycles. The summed E-state index contributed by atoms with van der Waals surface area (Å²) >= 11 is 0. The Balaban J connectivity index is 2.84. The van der Waals surface area contributed by atoms with E-state index in [0.29, 0.717) is 12.1 Å². The van der Waals surface area contributed by atoms with Crippen LogP contribution in [-0.4, -0.2) is 74.1 Å². The van der Waals surface area contributed by atoms with Gasteiger partial charge < -0.3 is 36.9 Å². The van der Waals surface area contributed by atoms with Crippen molar-refractivity contribution in [2.45, 2.75) is 70.8 Å². The highest BCUT2D eigenvalue weighted by atomic mass is 16.4. The first-order chi connectivity index (χ1) is 14.5. The summed E-state index contributed by atoms with van der Waals surface area (Å²) in [6.07, 6.45) is 2.28. The Hall–Kier alpha value is -2.99. The third-order valence-corrected chi connectivity index (χ3v) is 4.96. The highest BCUT2D eigenvalue weighted by Gasteiger charge is 2.32. The van der Waals surface area contributed by atoms with Crippen LogP contribution >= 0.6 is 0 Å². The molecule has 0 bridgehead atoms. The molecule has 31 heavy (non-hydrogen) atoms.